The van der Waals surface area contributed by atoms with Gasteiger partial charge in [-0.25, -0.2) is 0 Å². The Hall–Kier alpha value is -1.18. The quantitative estimate of drug-likeness (QED) is 0.721. The fraction of sp³-hybridized carbons (Fsp3) is 0.647. The molecule has 1 aliphatic carbocycles. The van der Waals surface area contributed by atoms with Crippen LogP contribution in [0.5, 0.6) is 5.75 Å². The Labute approximate surface area is 117 Å². The first kappa shape index (κ1) is 14.2. The Bertz CT molecular complexity index is 398. The molecule has 0 aliphatic heterocycles. The average molecular weight is 261 g/mol. The molecule has 2 nitrogen and oxygen atoms in total. The van der Waals surface area contributed by atoms with Gasteiger partial charge in [0.05, 0.1) is 7.11 Å². The lowest BCUT2D eigenvalue weighted by Gasteiger charge is -2.30. The van der Waals surface area contributed by atoms with Gasteiger partial charge in [-0.1, -0.05) is 32.3 Å². The smallest absolute Gasteiger partial charge is 0.123 e. The van der Waals surface area contributed by atoms with Crippen LogP contribution in [0.25, 0.3) is 0 Å². The van der Waals surface area contributed by atoms with Gasteiger partial charge < -0.3 is 9.64 Å². The predicted octanol–water partition coefficient (Wildman–Crippen LogP) is 4.41. The molecule has 2 heteroatoms. The Kier molecular flexibility index (Phi) is 5.12. The molecule has 19 heavy (non-hydrogen) atoms. The van der Waals surface area contributed by atoms with Crippen molar-refractivity contribution in [2.45, 2.75) is 46.0 Å². The standard InChI is InChI=1S/C17H27NO/c1-4-11-18(12-10-15-6-5-7-15)16-9-8-14(2)17(13-16)19-3/h8-9,13,15H,4-7,10-12H2,1-3H3. The number of benzene rings is 1. The summed E-state index contributed by atoms with van der Waals surface area (Å²) in [5, 5.41) is 0. The van der Waals surface area contributed by atoms with Crippen molar-refractivity contribution in [3.8, 4) is 5.75 Å². The van der Waals surface area contributed by atoms with Gasteiger partial charge in [0, 0.05) is 24.8 Å². The van der Waals surface area contributed by atoms with E-state index in [0.717, 1.165) is 18.2 Å². The second-order valence-electron chi connectivity index (χ2n) is 5.73. The number of methoxy groups -OCH3 is 1. The molecule has 0 saturated heterocycles. The van der Waals surface area contributed by atoms with Crippen LogP contribution in [0.2, 0.25) is 0 Å². The molecule has 1 saturated carbocycles. The van der Waals surface area contributed by atoms with Crippen LogP contribution < -0.4 is 9.64 Å². The number of nitrogens with zero attached hydrogens (tertiary/aromatic N) is 1. The summed E-state index contributed by atoms with van der Waals surface area (Å²) < 4.78 is 5.45. The van der Waals surface area contributed by atoms with Crippen molar-refractivity contribution in [1.82, 2.24) is 0 Å². The zero-order chi connectivity index (χ0) is 13.7. The van der Waals surface area contributed by atoms with Crippen LogP contribution in [0.1, 0.15) is 44.6 Å². The van der Waals surface area contributed by atoms with Crippen LogP contribution in [0.3, 0.4) is 0 Å². The van der Waals surface area contributed by atoms with Gasteiger partial charge >= 0.3 is 0 Å². The number of hydrogen-bond acceptors (Lipinski definition) is 2. The SMILES string of the molecule is CCCN(CCC1CCC1)c1ccc(C)c(OC)c1. The molecule has 106 valence electrons. The van der Waals surface area contributed by atoms with E-state index in [1.165, 1.54) is 49.9 Å². The third-order valence-electron chi connectivity index (χ3n) is 4.28. The van der Waals surface area contributed by atoms with Crippen LogP contribution >= 0.6 is 0 Å². The third kappa shape index (κ3) is 3.65. The molecule has 2 rings (SSSR count). The number of anilines is 1. The van der Waals surface area contributed by atoms with Crippen molar-refractivity contribution in [1.29, 1.82) is 0 Å². The number of hydrogen-bond donors (Lipinski definition) is 0. The van der Waals surface area contributed by atoms with E-state index in [1.54, 1.807) is 7.11 Å². The van der Waals surface area contributed by atoms with Gasteiger partial charge in [-0.05, 0) is 37.3 Å². The maximum Gasteiger partial charge on any atom is 0.123 e. The topological polar surface area (TPSA) is 12.5 Å². The fourth-order valence-electron chi connectivity index (χ4n) is 2.77. The highest BCUT2D eigenvalue weighted by atomic mass is 16.5. The van der Waals surface area contributed by atoms with Gasteiger partial charge in [0.2, 0.25) is 0 Å². The molecule has 0 unspecified atom stereocenters. The van der Waals surface area contributed by atoms with Crippen molar-refractivity contribution in [2.24, 2.45) is 5.92 Å². The summed E-state index contributed by atoms with van der Waals surface area (Å²) in [5.74, 6) is 1.98. The predicted molar refractivity (Wildman–Crippen MR) is 82.2 cm³/mol. The highest BCUT2D eigenvalue weighted by Gasteiger charge is 2.18. The largest absolute Gasteiger partial charge is 0.496 e. The number of ether oxygens (including phenoxy) is 1. The minimum atomic E-state index is 0.978. The van der Waals surface area contributed by atoms with E-state index in [0.29, 0.717) is 0 Å². The van der Waals surface area contributed by atoms with Gasteiger partial charge in [-0.15, -0.1) is 0 Å². The van der Waals surface area contributed by atoms with Crippen LogP contribution in [0.15, 0.2) is 18.2 Å². The van der Waals surface area contributed by atoms with Crippen molar-refractivity contribution in [3.63, 3.8) is 0 Å². The molecule has 0 radical (unpaired) electrons. The molecule has 0 aromatic heterocycles. The summed E-state index contributed by atoms with van der Waals surface area (Å²) in [7, 11) is 1.75. The number of rotatable bonds is 7. The highest BCUT2D eigenvalue weighted by Crippen LogP contribution is 2.31. The molecule has 0 N–H and O–H groups in total. The van der Waals surface area contributed by atoms with Gasteiger partial charge in [0.25, 0.3) is 0 Å². The number of aryl methyl sites for hydroxylation is 1. The van der Waals surface area contributed by atoms with Crippen LogP contribution in [0, 0.1) is 12.8 Å². The van der Waals surface area contributed by atoms with Crippen molar-refractivity contribution < 1.29 is 4.74 Å². The fourth-order valence-corrected chi connectivity index (χ4v) is 2.77. The third-order valence-corrected chi connectivity index (χ3v) is 4.28. The molecule has 0 heterocycles. The molecule has 0 bridgehead atoms. The van der Waals surface area contributed by atoms with E-state index in [2.05, 4.69) is 36.9 Å². The van der Waals surface area contributed by atoms with Gasteiger partial charge in [-0.2, -0.15) is 0 Å². The van der Waals surface area contributed by atoms with Crippen LogP contribution in [-0.2, 0) is 0 Å². The minimum absolute atomic E-state index is 0.978. The summed E-state index contributed by atoms with van der Waals surface area (Å²) in [6, 6.07) is 6.58. The van der Waals surface area contributed by atoms with Crippen molar-refractivity contribution in [3.05, 3.63) is 23.8 Å². The lowest BCUT2D eigenvalue weighted by atomic mass is 9.83. The monoisotopic (exact) mass is 261 g/mol. The Morgan fingerprint density at radius 1 is 1.26 bits per heavy atom. The van der Waals surface area contributed by atoms with Gasteiger partial charge in [0.1, 0.15) is 5.75 Å². The summed E-state index contributed by atoms with van der Waals surface area (Å²) in [5.41, 5.74) is 2.52. The van der Waals surface area contributed by atoms with Gasteiger partial charge in [-0.3, -0.25) is 0 Å². The maximum atomic E-state index is 5.45. The van der Waals surface area contributed by atoms with E-state index >= 15 is 0 Å². The zero-order valence-corrected chi connectivity index (χ0v) is 12.6. The molecule has 0 spiro atoms. The first-order valence-corrected chi connectivity index (χ1v) is 7.64. The van der Waals surface area contributed by atoms with E-state index in [-0.39, 0.29) is 0 Å². The molecular formula is C17H27NO. The highest BCUT2D eigenvalue weighted by molar-refractivity contribution is 5.53. The van der Waals surface area contributed by atoms with E-state index < -0.39 is 0 Å². The second kappa shape index (κ2) is 6.83. The molecule has 1 aliphatic rings. The van der Waals surface area contributed by atoms with Gasteiger partial charge in [0.15, 0.2) is 0 Å². The maximum absolute atomic E-state index is 5.45. The Morgan fingerprint density at radius 2 is 2.05 bits per heavy atom. The molecular weight excluding hydrogens is 234 g/mol. The molecule has 0 amide bonds. The first-order valence-electron chi connectivity index (χ1n) is 7.64. The normalized spacial score (nSPS) is 15.1. The Morgan fingerprint density at radius 3 is 2.63 bits per heavy atom. The summed E-state index contributed by atoms with van der Waals surface area (Å²) in [4.78, 5) is 2.51. The van der Waals surface area contributed by atoms with Crippen LogP contribution in [0.4, 0.5) is 5.69 Å². The molecule has 1 aromatic rings. The van der Waals surface area contributed by atoms with Crippen LogP contribution in [-0.4, -0.2) is 20.2 Å². The minimum Gasteiger partial charge on any atom is -0.496 e. The van der Waals surface area contributed by atoms with Crippen molar-refractivity contribution in [2.75, 3.05) is 25.1 Å². The van der Waals surface area contributed by atoms with E-state index in [9.17, 15) is 0 Å². The lowest BCUT2D eigenvalue weighted by molar-refractivity contribution is 0.297. The second-order valence-corrected chi connectivity index (χ2v) is 5.73. The summed E-state index contributed by atoms with van der Waals surface area (Å²) in [6.07, 6.45) is 6.86. The molecule has 1 fully saturated rings. The molecule has 1 aromatic carbocycles. The van der Waals surface area contributed by atoms with E-state index in [4.69, 9.17) is 4.74 Å². The lowest BCUT2D eigenvalue weighted by Crippen LogP contribution is -2.28. The van der Waals surface area contributed by atoms with E-state index in [1.807, 2.05) is 0 Å². The molecule has 0 atom stereocenters. The first-order chi connectivity index (χ1) is 9.24. The van der Waals surface area contributed by atoms with Crippen molar-refractivity contribution >= 4 is 5.69 Å². The average Bonchev–Trinajstić information content (AvgIpc) is 2.36. The summed E-state index contributed by atoms with van der Waals surface area (Å²) >= 11 is 0. The Balaban J connectivity index is 2.03. The summed E-state index contributed by atoms with van der Waals surface area (Å²) in [6.45, 7) is 6.67. The zero-order valence-electron chi connectivity index (χ0n) is 12.6.